The molecule has 1 unspecified atom stereocenters. The zero-order chi connectivity index (χ0) is 17.3. The molecule has 5 rings (SSSR count). The van der Waals surface area contributed by atoms with Gasteiger partial charge in [0.25, 0.3) is 0 Å². The van der Waals surface area contributed by atoms with Crippen molar-refractivity contribution in [3.8, 4) is 5.75 Å². The molecule has 134 valence electrons. The number of nitrogens with zero attached hydrogens (tertiary/aromatic N) is 4. The number of hydrogen-bond donors (Lipinski definition) is 0. The highest BCUT2D eigenvalue weighted by Gasteiger charge is 2.22. The number of hydrogen-bond acceptors (Lipinski definition) is 4. The zero-order valence-corrected chi connectivity index (χ0v) is 15.0. The second kappa shape index (κ2) is 6.63. The maximum atomic E-state index is 6.41. The average Bonchev–Trinajstić information content (AvgIpc) is 3.12. The molecule has 1 aliphatic carbocycles. The number of aryl methyl sites for hydroxylation is 1. The predicted octanol–water partition coefficient (Wildman–Crippen LogP) is 4.18. The molecule has 0 radical (unpaired) electrons. The number of ether oxygens (including phenoxy) is 1. The number of anilines is 1. The molecule has 26 heavy (non-hydrogen) atoms. The van der Waals surface area contributed by atoms with Gasteiger partial charge in [0.2, 0.25) is 5.95 Å². The van der Waals surface area contributed by atoms with Gasteiger partial charge in [0.05, 0.1) is 6.20 Å². The van der Waals surface area contributed by atoms with E-state index in [-0.39, 0.29) is 6.10 Å². The van der Waals surface area contributed by atoms with E-state index in [9.17, 15) is 0 Å². The third-order valence-corrected chi connectivity index (χ3v) is 5.59. The molecule has 1 aromatic carbocycles. The van der Waals surface area contributed by atoms with Gasteiger partial charge in [-0.3, -0.25) is 4.40 Å². The normalized spacial score (nSPS) is 20.2. The Morgan fingerprint density at radius 2 is 1.81 bits per heavy atom. The standard InChI is InChI=1S/C21H24N4O/c1-4-13-24(14-5-1)21-23-22-20-12-11-17(15-25(20)21)26-19-10-6-8-16-7-2-3-9-18(16)19/h2-3,7,9,11-12,15,19H,1,4-6,8,10,13-14H2. The number of rotatable bonds is 3. The predicted molar refractivity (Wildman–Crippen MR) is 102 cm³/mol. The molecule has 1 fully saturated rings. The van der Waals surface area contributed by atoms with Gasteiger partial charge in [-0.25, -0.2) is 0 Å². The van der Waals surface area contributed by atoms with E-state index in [1.807, 2.05) is 12.1 Å². The van der Waals surface area contributed by atoms with Crippen molar-refractivity contribution in [3.63, 3.8) is 0 Å². The first-order valence-corrected chi connectivity index (χ1v) is 9.73. The number of pyridine rings is 1. The van der Waals surface area contributed by atoms with Crippen molar-refractivity contribution in [2.24, 2.45) is 0 Å². The lowest BCUT2D eigenvalue weighted by molar-refractivity contribution is 0.182. The van der Waals surface area contributed by atoms with Crippen LogP contribution in [0.15, 0.2) is 42.6 Å². The van der Waals surface area contributed by atoms with E-state index in [1.54, 1.807) is 0 Å². The summed E-state index contributed by atoms with van der Waals surface area (Å²) < 4.78 is 8.49. The summed E-state index contributed by atoms with van der Waals surface area (Å²) in [6.45, 7) is 2.11. The van der Waals surface area contributed by atoms with Gasteiger partial charge in [-0.1, -0.05) is 24.3 Å². The highest BCUT2D eigenvalue weighted by molar-refractivity contribution is 5.49. The summed E-state index contributed by atoms with van der Waals surface area (Å²) in [6.07, 6.45) is 9.34. The first-order chi connectivity index (χ1) is 12.9. The minimum Gasteiger partial charge on any atom is -0.484 e. The summed E-state index contributed by atoms with van der Waals surface area (Å²) in [5.41, 5.74) is 3.63. The van der Waals surface area contributed by atoms with Crippen molar-refractivity contribution < 1.29 is 4.74 Å². The molecule has 0 bridgehead atoms. The molecule has 2 aliphatic rings. The second-order valence-electron chi connectivity index (χ2n) is 7.34. The molecule has 0 N–H and O–H groups in total. The van der Waals surface area contributed by atoms with Crippen LogP contribution in [0.1, 0.15) is 49.3 Å². The van der Waals surface area contributed by atoms with Crippen molar-refractivity contribution in [1.29, 1.82) is 0 Å². The average molecular weight is 348 g/mol. The van der Waals surface area contributed by atoms with Crippen LogP contribution in [-0.2, 0) is 6.42 Å². The second-order valence-corrected chi connectivity index (χ2v) is 7.34. The molecule has 2 aromatic heterocycles. The molecular weight excluding hydrogens is 324 g/mol. The van der Waals surface area contributed by atoms with Gasteiger partial charge in [-0.15, -0.1) is 10.2 Å². The van der Waals surface area contributed by atoms with Gasteiger partial charge in [0, 0.05) is 13.1 Å². The van der Waals surface area contributed by atoms with Crippen LogP contribution in [0.2, 0.25) is 0 Å². The highest BCUT2D eigenvalue weighted by atomic mass is 16.5. The fraction of sp³-hybridized carbons (Fsp3) is 0.429. The Kier molecular flexibility index (Phi) is 4.00. The SMILES string of the molecule is c1ccc2c(c1)CCCC2Oc1ccc2nnc(N3CCCCC3)n2c1. The van der Waals surface area contributed by atoms with Crippen LogP contribution in [0, 0.1) is 0 Å². The van der Waals surface area contributed by atoms with E-state index < -0.39 is 0 Å². The highest BCUT2D eigenvalue weighted by Crippen LogP contribution is 2.34. The van der Waals surface area contributed by atoms with E-state index in [2.05, 4.69) is 50.0 Å². The van der Waals surface area contributed by atoms with E-state index in [1.165, 1.54) is 36.8 Å². The number of fused-ring (bicyclic) bond motifs is 2. The largest absolute Gasteiger partial charge is 0.484 e. The van der Waals surface area contributed by atoms with E-state index in [0.717, 1.165) is 43.3 Å². The smallest absolute Gasteiger partial charge is 0.231 e. The van der Waals surface area contributed by atoms with Crippen LogP contribution in [0.25, 0.3) is 5.65 Å². The molecule has 1 atom stereocenters. The van der Waals surface area contributed by atoms with Crippen LogP contribution < -0.4 is 9.64 Å². The van der Waals surface area contributed by atoms with Crippen LogP contribution in [0.4, 0.5) is 5.95 Å². The van der Waals surface area contributed by atoms with E-state index >= 15 is 0 Å². The van der Waals surface area contributed by atoms with Crippen molar-refractivity contribution in [2.75, 3.05) is 18.0 Å². The van der Waals surface area contributed by atoms with Gasteiger partial charge in [-0.2, -0.15) is 0 Å². The van der Waals surface area contributed by atoms with Gasteiger partial charge in [-0.05, 0) is 61.8 Å². The third kappa shape index (κ3) is 2.81. The van der Waals surface area contributed by atoms with Crippen molar-refractivity contribution >= 4 is 11.6 Å². The lowest BCUT2D eigenvalue weighted by atomic mass is 9.89. The van der Waals surface area contributed by atoms with Crippen LogP contribution in [0.5, 0.6) is 5.75 Å². The molecule has 5 nitrogen and oxygen atoms in total. The molecule has 5 heteroatoms. The molecule has 0 spiro atoms. The maximum absolute atomic E-state index is 6.41. The van der Waals surface area contributed by atoms with Crippen molar-refractivity contribution in [2.45, 2.75) is 44.6 Å². The fourth-order valence-electron chi connectivity index (χ4n) is 4.23. The van der Waals surface area contributed by atoms with Gasteiger partial charge >= 0.3 is 0 Å². The van der Waals surface area contributed by atoms with E-state index in [0.29, 0.717) is 0 Å². The Morgan fingerprint density at radius 3 is 2.73 bits per heavy atom. The zero-order valence-electron chi connectivity index (χ0n) is 15.0. The summed E-state index contributed by atoms with van der Waals surface area (Å²) in [5, 5.41) is 8.76. The first-order valence-electron chi connectivity index (χ1n) is 9.73. The maximum Gasteiger partial charge on any atom is 0.231 e. The van der Waals surface area contributed by atoms with Crippen LogP contribution in [-0.4, -0.2) is 27.7 Å². The number of aromatic nitrogens is 3. The number of benzene rings is 1. The Labute approximate surface area is 153 Å². The summed E-state index contributed by atoms with van der Waals surface area (Å²) in [4.78, 5) is 2.34. The first kappa shape index (κ1) is 15.7. The monoisotopic (exact) mass is 348 g/mol. The minimum atomic E-state index is 0.132. The quantitative estimate of drug-likeness (QED) is 0.712. The molecule has 1 saturated heterocycles. The third-order valence-electron chi connectivity index (χ3n) is 5.59. The summed E-state index contributed by atoms with van der Waals surface area (Å²) in [6, 6.07) is 12.7. The Balaban J connectivity index is 1.45. The lowest BCUT2D eigenvalue weighted by Gasteiger charge is -2.27. The molecule has 0 amide bonds. The molecule has 1 aliphatic heterocycles. The molecule has 0 saturated carbocycles. The minimum absolute atomic E-state index is 0.132. The van der Waals surface area contributed by atoms with Crippen molar-refractivity contribution in [1.82, 2.24) is 14.6 Å². The molecule has 3 aromatic rings. The Hall–Kier alpha value is -2.56. The Morgan fingerprint density at radius 1 is 0.923 bits per heavy atom. The lowest BCUT2D eigenvalue weighted by Crippen LogP contribution is -2.31. The Bertz CT molecular complexity index is 913. The summed E-state index contributed by atoms with van der Waals surface area (Å²) in [5.74, 6) is 1.83. The van der Waals surface area contributed by atoms with Crippen LogP contribution in [0.3, 0.4) is 0 Å². The van der Waals surface area contributed by atoms with Crippen LogP contribution >= 0.6 is 0 Å². The van der Waals surface area contributed by atoms with Gasteiger partial charge in [0.1, 0.15) is 11.9 Å². The fourth-order valence-corrected chi connectivity index (χ4v) is 4.23. The van der Waals surface area contributed by atoms with Gasteiger partial charge < -0.3 is 9.64 Å². The van der Waals surface area contributed by atoms with Gasteiger partial charge in [0.15, 0.2) is 5.65 Å². The summed E-state index contributed by atoms with van der Waals surface area (Å²) >= 11 is 0. The topological polar surface area (TPSA) is 42.7 Å². The molecule has 3 heterocycles. The molecular formula is C21H24N4O. The van der Waals surface area contributed by atoms with E-state index in [4.69, 9.17) is 4.74 Å². The van der Waals surface area contributed by atoms with Crippen molar-refractivity contribution in [3.05, 3.63) is 53.7 Å². The summed E-state index contributed by atoms with van der Waals surface area (Å²) in [7, 11) is 0. The number of piperidine rings is 1.